The number of fused-ring (bicyclic) bond motifs is 1. The molecule has 7 heteroatoms. The summed E-state index contributed by atoms with van der Waals surface area (Å²) in [4.78, 5) is 16.0. The van der Waals surface area contributed by atoms with Crippen LogP contribution in [0.5, 0.6) is 0 Å². The maximum absolute atomic E-state index is 12.1. The lowest BCUT2D eigenvalue weighted by Gasteiger charge is -1.98. The molecule has 3 rings (SSSR count). The summed E-state index contributed by atoms with van der Waals surface area (Å²) < 4.78 is 8.48. The molecule has 0 aliphatic rings. The van der Waals surface area contributed by atoms with Gasteiger partial charge in [-0.15, -0.1) is 5.10 Å². The van der Waals surface area contributed by atoms with Crippen molar-refractivity contribution in [2.75, 3.05) is 6.54 Å². The molecular formula is C13H15N5O2. The van der Waals surface area contributed by atoms with Crippen molar-refractivity contribution >= 4 is 5.65 Å². The Balaban J connectivity index is 1.84. The molecule has 0 saturated heterocycles. The van der Waals surface area contributed by atoms with Gasteiger partial charge in [-0.2, -0.15) is 0 Å². The van der Waals surface area contributed by atoms with Gasteiger partial charge in [-0.3, -0.25) is 4.98 Å². The molecule has 3 heterocycles. The zero-order valence-electron chi connectivity index (χ0n) is 11.1. The van der Waals surface area contributed by atoms with Crippen molar-refractivity contribution in [1.29, 1.82) is 0 Å². The molecule has 0 saturated carbocycles. The van der Waals surface area contributed by atoms with Gasteiger partial charge >= 0.3 is 5.69 Å². The molecule has 3 aromatic heterocycles. The third kappa shape index (κ3) is 2.35. The average molecular weight is 273 g/mol. The second-order valence-electron chi connectivity index (χ2n) is 4.39. The Hall–Kier alpha value is -2.41. The fourth-order valence-electron chi connectivity index (χ4n) is 1.98. The van der Waals surface area contributed by atoms with Gasteiger partial charge in [0.1, 0.15) is 18.1 Å². The Morgan fingerprint density at radius 3 is 3.00 bits per heavy atom. The highest BCUT2D eigenvalue weighted by molar-refractivity contribution is 5.31. The highest BCUT2D eigenvalue weighted by Crippen LogP contribution is 2.08. The van der Waals surface area contributed by atoms with Crippen LogP contribution in [-0.4, -0.2) is 25.7 Å². The first kappa shape index (κ1) is 12.6. The van der Waals surface area contributed by atoms with Gasteiger partial charge in [-0.1, -0.05) is 6.92 Å². The second-order valence-corrected chi connectivity index (χ2v) is 4.39. The van der Waals surface area contributed by atoms with Crippen LogP contribution in [0.4, 0.5) is 0 Å². The van der Waals surface area contributed by atoms with E-state index in [1.807, 2.05) is 19.1 Å². The van der Waals surface area contributed by atoms with Crippen LogP contribution in [0.3, 0.4) is 0 Å². The summed E-state index contributed by atoms with van der Waals surface area (Å²) in [6.07, 6.45) is 4.71. The Morgan fingerprint density at radius 2 is 2.20 bits per heavy atom. The zero-order chi connectivity index (χ0) is 13.9. The summed E-state index contributed by atoms with van der Waals surface area (Å²) >= 11 is 0. The minimum atomic E-state index is -0.202. The van der Waals surface area contributed by atoms with Crippen molar-refractivity contribution in [1.82, 2.24) is 24.5 Å². The topological polar surface area (TPSA) is 77.4 Å². The van der Waals surface area contributed by atoms with Crippen LogP contribution in [0, 0.1) is 0 Å². The van der Waals surface area contributed by atoms with E-state index < -0.39 is 0 Å². The lowest BCUT2D eigenvalue weighted by Crippen LogP contribution is -2.21. The predicted octanol–water partition coefficient (Wildman–Crippen LogP) is 0.642. The van der Waals surface area contributed by atoms with Gasteiger partial charge in [0.05, 0.1) is 12.7 Å². The molecule has 0 unspecified atom stereocenters. The Kier molecular flexibility index (Phi) is 3.34. The van der Waals surface area contributed by atoms with Gasteiger partial charge < -0.3 is 9.73 Å². The number of hydrogen-bond acceptors (Lipinski definition) is 5. The van der Waals surface area contributed by atoms with Gasteiger partial charge in [-0.25, -0.2) is 13.9 Å². The first-order valence-corrected chi connectivity index (χ1v) is 6.45. The monoisotopic (exact) mass is 273 g/mol. The molecule has 0 aliphatic heterocycles. The fourth-order valence-corrected chi connectivity index (χ4v) is 1.98. The van der Waals surface area contributed by atoms with Crippen molar-refractivity contribution in [3.63, 3.8) is 0 Å². The SMILES string of the molecule is CCNCc1ccc(Cn2nc3cnccn3c2=O)o1. The molecule has 0 aromatic carbocycles. The first-order valence-electron chi connectivity index (χ1n) is 6.45. The van der Waals surface area contributed by atoms with E-state index in [9.17, 15) is 4.79 Å². The highest BCUT2D eigenvalue weighted by atomic mass is 16.3. The fraction of sp³-hybridized carbons (Fsp3) is 0.308. The van der Waals surface area contributed by atoms with Crippen LogP contribution in [0.1, 0.15) is 18.4 Å². The van der Waals surface area contributed by atoms with Crippen molar-refractivity contribution in [3.8, 4) is 0 Å². The molecule has 1 N–H and O–H groups in total. The molecule has 0 fully saturated rings. The first-order chi connectivity index (χ1) is 9.78. The summed E-state index contributed by atoms with van der Waals surface area (Å²) in [6.45, 7) is 3.91. The molecule has 0 aliphatic carbocycles. The molecule has 7 nitrogen and oxygen atoms in total. The number of hydrogen-bond donors (Lipinski definition) is 1. The smallest absolute Gasteiger partial charge is 0.350 e. The number of aromatic nitrogens is 4. The molecule has 0 spiro atoms. The molecule has 20 heavy (non-hydrogen) atoms. The minimum absolute atomic E-state index is 0.202. The molecule has 0 radical (unpaired) electrons. The summed E-state index contributed by atoms with van der Waals surface area (Å²) in [5.41, 5.74) is 0.323. The predicted molar refractivity (Wildman–Crippen MR) is 72.4 cm³/mol. The lowest BCUT2D eigenvalue weighted by atomic mass is 10.4. The van der Waals surface area contributed by atoms with Crippen LogP contribution in [-0.2, 0) is 13.1 Å². The number of nitrogens with one attached hydrogen (secondary N) is 1. The van der Waals surface area contributed by atoms with Gasteiger partial charge in [-0.05, 0) is 18.7 Å². The number of rotatable bonds is 5. The lowest BCUT2D eigenvalue weighted by molar-refractivity contribution is 0.430. The van der Waals surface area contributed by atoms with Gasteiger partial charge in [0.25, 0.3) is 0 Å². The molecule has 0 atom stereocenters. The van der Waals surface area contributed by atoms with Crippen LogP contribution >= 0.6 is 0 Å². The maximum atomic E-state index is 12.1. The molecule has 104 valence electrons. The van der Waals surface area contributed by atoms with Crippen molar-refractivity contribution < 1.29 is 4.42 Å². The van der Waals surface area contributed by atoms with E-state index >= 15 is 0 Å². The molecule has 0 bridgehead atoms. The normalized spacial score (nSPS) is 11.2. The number of furan rings is 1. The minimum Gasteiger partial charge on any atom is -0.463 e. The summed E-state index contributed by atoms with van der Waals surface area (Å²) in [5.74, 6) is 1.55. The van der Waals surface area contributed by atoms with Crippen LogP contribution in [0.15, 0.2) is 39.9 Å². The quantitative estimate of drug-likeness (QED) is 0.738. The van der Waals surface area contributed by atoms with E-state index in [0.29, 0.717) is 24.5 Å². The van der Waals surface area contributed by atoms with Crippen molar-refractivity contribution in [2.45, 2.75) is 20.0 Å². The average Bonchev–Trinajstić information content (AvgIpc) is 3.03. The number of nitrogens with zero attached hydrogens (tertiary/aromatic N) is 4. The molecular weight excluding hydrogens is 258 g/mol. The third-order valence-electron chi connectivity index (χ3n) is 2.96. The van der Waals surface area contributed by atoms with Crippen molar-refractivity contribution in [3.05, 3.63) is 52.7 Å². The Morgan fingerprint density at radius 1 is 1.35 bits per heavy atom. The Labute approximate surface area is 114 Å². The molecule has 3 aromatic rings. The van der Waals surface area contributed by atoms with Crippen LogP contribution < -0.4 is 11.0 Å². The van der Waals surface area contributed by atoms with E-state index in [1.165, 1.54) is 9.08 Å². The van der Waals surface area contributed by atoms with Crippen LogP contribution in [0.2, 0.25) is 0 Å². The summed E-state index contributed by atoms with van der Waals surface area (Å²) in [6, 6.07) is 3.77. The van der Waals surface area contributed by atoms with Crippen LogP contribution in [0.25, 0.3) is 5.65 Å². The van der Waals surface area contributed by atoms with E-state index in [0.717, 1.165) is 12.3 Å². The highest BCUT2D eigenvalue weighted by Gasteiger charge is 2.09. The van der Waals surface area contributed by atoms with Gasteiger partial charge in [0.15, 0.2) is 5.65 Å². The standard InChI is InChI=1S/C13H15N5O2/c1-2-14-7-10-3-4-11(20-10)9-18-13(19)17-6-5-15-8-12(17)16-18/h3-6,8,14H,2,7,9H2,1H3. The van der Waals surface area contributed by atoms with Crippen molar-refractivity contribution in [2.24, 2.45) is 0 Å². The molecule has 0 amide bonds. The second kappa shape index (κ2) is 5.30. The Bertz CT molecular complexity index is 770. The summed E-state index contributed by atoms with van der Waals surface area (Å²) in [7, 11) is 0. The van der Waals surface area contributed by atoms with E-state index in [-0.39, 0.29) is 5.69 Å². The summed E-state index contributed by atoms with van der Waals surface area (Å²) in [5, 5.41) is 7.39. The van der Waals surface area contributed by atoms with Gasteiger partial charge in [0, 0.05) is 12.4 Å². The van der Waals surface area contributed by atoms with E-state index in [1.54, 1.807) is 18.6 Å². The zero-order valence-corrected chi connectivity index (χ0v) is 11.1. The van der Waals surface area contributed by atoms with E-state index in [4.69, 9.17) is 4.42 Å². The largest absolute Gasteiger partial charge is 0.463 e. The van der Waals surface area contributed by atoms with E-state index in [2.05, 4.69) is 15.4 Å². The third-order valence-corrected chi connectivity index (χ3v) is 2.96. The van der Waals surface area contributed by atoms with Gasteiger partial charge in [0.2, 0.25) is 0 Å². The maximum Gasteiger partial charge on any atom is 0.350 e.